The van der Waals surface area contributed by atoms with Gasteiger partial charge in [-0.05, 0) is 107 Å². The molecule has 3 N–H and O–H groups in total. The first-order valence-electron chi connectivity index (χ1n) is 15.7. The molecule has 2 aliphatic carbocycles. The van der Waals surface area contributed by atoms with Crippen LogP contribution in [0.5, 0.6) is 0 Å². The van der Waals surface area contributed by atoms with Gasteiger partial charge in [0.2, 0.25) is 0 Å². The number of aromatic nitrogens is 1. The van der Waals surface area contributed by atoms with Gasteiger partial charge in [-0.15, -0.1) is 0 Å². The van der Waals surface area contributed by atoms with Crippen LogP contribution in [0.15, 0.2) is 17.0 Å². The van der Waals surface area contributed by atoms with E-state index in [9.17, 15) is 13.2 Å². The molecule has 6 rings (SSSR count). The number of rotatable bonds is 9. The second kappa shape index (κ2) is 11.6. The monoisotopic (exact) mass is 600 g/mol. The smallest absolute Gasteiger partial charge is 0.253 e. The Morgan fingerprint density at radius 1 is 1.10 bits per heavy atom. The van der Waals surface area contributed by atoms with Crippen LogP contribution in [0.2, 0.25) is 0 Å². The summed E-state index contributed by atoms with van der Waals surface area (Å²) in [6.07, 6.45) is 10.3. The number of nitrogens with two attached hydrogens (primary N) is 1. The van der Waals surface area contributed by atoms with Crippen molar-refractivity contribution in [1.82, 2.24) is 9.47 Å². The molecule has 10 heteroatoms. The third kappa shape index (κ3) is 5.86. The van der Waals surface area contributed by atoms with Crippen LogP contribution in [0.4, 0.5) is 10.1 Å². The van der Waals surface area contributed by atoms with Crippen LogP contribution in [0.3, 0.4) is 0 Å². The van der Waals surface area contributed by atoms with E-state index in [1.165, 1.54) is 32.0 Å². The quantitative estimate of drug-likeness (QED) is 0.401. The number of amides is 1. The highest BCUT2D eigenvalue weighted by atomic mass is 32.2. The molecule has 2 fully saturated rings. The molecule has 1 aromatic carbocycles. The van der Waals surface area contributed by atoms with Crippen LogP contribution in [0.25, 0.3) is 5.69 Å². The average Bonchev–Trinajstić information content (AvgIpc) is 3.63. The van der Waals surface area contributed by atoms with E-state index in [-0.39, 0.29) is 23.5 Å². The Kier molecular flexibility index (Phi) is 8.17. The van der Waals surface area contributed by atoms with Crippen molar-refractivity contribution >= 4 is 21.4 Å². The molecule has 3 heterocycles. The maximum Gasteiger partial charge on any atom is 0.253 e. The summed E-state index contributed by atoms with van der Waals surface area (Å²) in [6, 6.07) is 3.19. The van der Waals surface area contributed by atoms with Gasteiger partial charge in [-0.3, -0.25) is 4.79 Å². The minimum absolute atomic E-state index is 0.0609. The van der Waals surface area contributed by atoms with E-state index in [1.807, 2.05) is 18.4 Å². The van der Waals surface area contributed by atoms with Crippen molar-refractivity contribution in [3.05, 3.63) is 40.5 Å². The molecule has 0 unspecified atom stereocenters. The maximum atomic E-state index is 15.6. The first-order chi connectivity index (χ1) is 20.0. The molecule has 0 spiro atoms. The Labute approximate surface area is 249 Å². The molecule has 230 valence electrons. The summed E-state index contributed by atoms with van der Waals surface area (Å²) in [5, 5.41) is 3.44. The lowest BCUT2D eigenvalue weighted by Gasteiger charge is -2.32. The van der Waals surface area contributed by atoms with Crippen molar-refractivity contribution < 1.29 is 22.3 Å². The van der Waals surface area contributed by atoms with E-state index in [4.69, 9.17) is 10.5 Å². The first-order valence-corrected chi connectivity index (χ1v) is 17.4. The number of hydrogen-bond acceptors (Lipinski definition) is 6. The van der Waals surface area contributed by atoms with E-state index in [0.29, 0.717) is 29.1 Å². The number of likely N-dealkylation sites (tertiary alicyclic amines) is 1. The van der Waals surface area contributed by atoms with Gasteiger partial charge in [0.25, 0.3) is 5.91 Å². The number of primary amides is 1. The Balaban J connectivity index is 1.22. The average molecular weight is 601 g/mol. The number of fused-ring (bicyclic) bond motifs is 3. The van der Waals surface area contributed by atoms with Crippen LogP contribution in [-0.4, -0.2) is 67.9 Å². The van der Waals surface area contributed by atoms with Crippen molar-refractivity contribution in [3.8, 4) is 5.69 Å². The topological polar surface area (TPSA) is 107 Å². The molecule has 1 saturated heterocycles. The van der Waals surface area contributed by atoms with E-state index < -0.39 is 27.0 Å². The van der Waals surface area contributed by atoms with Crippen LogP contribution in [-0.2, 0) is 33.8 Å². The molecular weight excluding hydrogens is 555 g/mol. The summed E-state index contributed by atoms with van der Waals surface area (Å²) in [4.78, 5) is 15.4. The number of ether oxygens (including phenoxy) is 1. The molecule has 0 bridgehead atoms. The second-order valence-corrected chi connectivity index (χ2v) is 15.5. The van der Waals surface area contributed by atoms with Gasteiger partial charge in [0.15, 0.2) is 9.84 Å². The van der Waals surface area contributed by atoms with Crippen molar-refractivity contribution in [1.29, 1.82) is 0 Å². The highest BCUT2D eigenvalue weighted by Crippen LogP contribution is 2.45. The number of carbonyl (C=O) groups is 1. The van der Waals surface area contributed by atoms with Gasteiger partial charge in [0.05, 0.1) is 33.7 Å². The van der Waals surface area contributed by atoms with E-state index in [0.717, 1.165) is 75.0 Å². The molecule has 1 aromatic heterocycles. The van der Waals surface area contributed by atoms with Crippen LogP contribution >= 0.6 is 0 Å². The Bertz CT molecular complexity index is 1450. The molecule has 2 aromatic rings. The minimum atomic E-state index is -3.46. The molecule has 0 radical (unpaired) electrons. The van der Waals surface area contributed by atoms with E-state index >= 15 is 4.39 Å². The number of halogens is 1. The molecule has 4 aliphatic rings. The third-order valence-electron chi connectivity index (χ3n) is 9.59. The summed E-state index contributed by atoms with van der Waals surface area (Å²) >= 11 is 0. The zero-order chi connectivity index (χ0) is 29.6. The molecule has 0 atom stereocenters. The highest BCUT2D eigenvalue weighted by molar-refractivity contribution is 7.91. The Hall–Kier alpha value is -2.43. The minimum Gasteiger partial charge on any atom is -0.382 e. The summed E-state index contributed by atoms with van der Waals surface area (Å²) in [5.41, 5.74) is 8.56. The predicted molar refractivity (Wildman–Crippen MR) is 162 cm³/mol. The zero-order valence-corrected chi connectivity index (χ0v) is 25.8. The number of benzene rings is 1. The van der Waals surface area contributed by atoms with E-state index in [1.54, 1.807) is 6.07 Å². The fourth-order valence-corrected chi connectivity index (χ4v) is 10.2. The summed E-state index contributed by atoms with van der Waals surface area (Å²) in [7, 11) is -3.46. The summed E-state index contributed by atoms with van der Waals surface area (Å²) < 4.78 is 50.6. The molecule has 42 heavy (non-hydrogen) atoms. The predicted octanol–water partition coefficient (Wildman–Crippen LogP) is 4.79. The number of sulfone groups is 1. The maximum absolute atomic E-state index is 15.6. The van der Waals surface area contributed by atoms with Gasteiger partial charge in [0.1, 0.15) is 5.82 Å². The lowest BCUT2D eigenvalue weighted by Crippen LogP contribution is -2.33. The normalized spacial score (nSPS) is 24.8. The number of nitrogens with zero attached hydrogens (tertiary/aromatic N) is 2. The van der Waals surface area contributed by atoms with Gasteiger partial charge in [-0.25, -0.2) is 12.8 Å². The van der Waals surface area contributed by atoms with Gasteiger partial charge < -0.3 is 25.3 Å². The standard InChI is InChI=1S/C32H45FN4O4S/c1-32(2)19-28-30(42(39,40)20-32)24-7-5-8-27(24)37(28)22-17-25(33)29(31(34)38)26(18-22)35-21-9-11-23(12-10-21)41-16-6-15-36-13-3-4-14-36/h17-18,21,23,35H,3-16,19-20H2,1-2H3,(H2,34,38). The fraction of sp³-hybridized carbons (Fsp3) is 0.656. The van der Waals surface area contributed by atoms with Crippen molar-refractivity contribution in [2.45, 2.75) is 102 Å². The number of carbonyl (C=O) groups excluding carboxylic acids is 1. The highest BCUT2D eigenvalue weighted by Gasteiger charge is 2.42. The third-order valence-corrected chi connectivity index (χ3v) is 11.9. The Morgan fingerprint density at radius 3 is 2.55 bits per heavy atom. The first kappa shape index (κ1) is 29.6. The SMILES string of the molecule is CC1(C)Cc2c(c3c(n2-c2cc(F)c(C(N)=O)c(NC4CCC(OCCCN5CCCC5)CC4)c2)CCC3)S(=O)(=O)C1. The lowest BCUT2D eigenvalue weighted by atomic mass is 9.89. The van der Waals surface area contributed by atoms with Crippen LogP contribution in [0, 0.1) is 11.2 Å². The van der Waals surface area contributed by atoms with Crippen LogP contribution < -0.4 is 11.1 Å². The number of anilines is 1. The van der Waals surface area contributed by atoms with Crippen LogP contribution in [0.1, 0.15) is 92.5 Å². The van der Waals surface area contributed by atoms with Crippen molar-refractivity contribution in [3.63, 3.8) is 0 Å². The number of hydrogen-bond donors (Lipinski definition) is 2. The van der Waals surface area contributed by atoms with Gasteiger partial charge in [0, 0.05) is 30.6 Å². The second-order valence-electron chi connectivity index (χ2n) is 13.6. The van der Waals surface area contributed by atoms with Gasteiger partial charge in [-0.1, -0.05) is 13.8 Å². The van der Waals surface area contributed by atoms with Crippen molar-refractivity contribution in [2.24, 2.45) is 11.1 Å². The van der Waals surface area contributed by atoms with Crippen molar-refractivity contribution in [2.75, 3.05) is 37.3 Å². The molecular formula is C32H45FN4O4S. The number of nitrogens with one attached hydrogen (secondary N) is 1. The molecule has 1 saturated carbocycles. The van der Waals surface area contributed by atoms with Gasteiger partial charge >= 0.3 is 0 Å². The fourth-order valence-electron chi connectivity index (χ4n) is 7.81. The summed E-state index contributed by atoms with van der Waals surface area (Å²) in [5.74, 6) is -1.40. The zero-order valence-electron chi connectivity index (χ0n) is 25.0. The van der Waals surface area contributed by atoms with E-state index in [2.05, 4.69) is 10.2 Å². The molecule has 2 aliphatic heterocycles. The largest absolute Gasteiger partial charge is 0.382 e. The summed E-state index contributed by atoms with van der Waals surface area (Å²) in [6.45, 7) is 8.22. The lowest BCUT2D eigenvalue weighted by molar-refractivity contribution is 0.0223. The van der Waals surface area contributed by atoms with Gasteiger partial charge in [-0.2, -0.15) is 0 Å². The molecule has 1 amide bonds. The Morgan fingerprint density at radius 2 is 1.83 bits per heavy atom. The molecule has 8 nitrogen and oxygen atoms in total.